The van der Waals surface area contributed by atoms with Crippen molar-refractivity contribution in [3.8, 4) is 0 Å². The molecule has 0 saturated carbocycles. The lowest BCUT2D eigenvalue weighted by atomic mass is 10.0. The molecule has 3 rings (SSSR count). The van der Waals surface area contributed by atoms with Crippen LogP contribution in [0.1, 0.15) is 61.5 Å². The summed E-state index contributed by atoms with van der Waals surface area (Å²) < 4.78 is 21.7. The zero-order valence-electron chi connectivity index (χ0n) is 22.5. The number of piperidine rings is 1. The first kappa shape index (κ1) is 29.5. The molecule has 11 nitrogen and oxygen atoms in total. The van der Waals surface area contributed by atoms with Gasteiger partial charge in [-0.2, -0.15) is 0 Å². The highest BCUT2D eigenvalue weighted by molar-refractivity contribution is 6.05. The fourth-order valence-electron chi connectivity index (χ4n) is 4.24. The van der Waals surface area contributed by atoms with Gasteiger partial charge in [0.2, 0.25) is 11.8 Å². The van der Waals surface area contributed by atoms with Gasteiger partial charge in [0, 0.05) is 31.7 Å². The molecule has 0 spiro atoms. The van der Waals surface area contributed by atoms with Gasteiger partial charge in [0.25, 0.3) is 5.91 Å². The number of alkyl carbamates (subject to hydrolysis) is 1. The number of aryl methyl sites for hydroxylation is 1. The smallest absolute Gasteiger partial charge is 0.407 e. The maximum atomic E-state index is 12.8. The number of nitrogens with one attached hydrogen (secondary N) is 2. The summed E-state index contributed by atoms with van der Waals surface area (Å²) >= 11 is 0. The van der Waals surface area contributed by atoms with Gasteiger partial charge in [0.15, 0.2) is 0 Å². The van der Waals surface area contributed by atoms with Crippen LogP contribution < -0.4 is 10.6 Å². The first-order chi connectivity index (χ1) is 18.1. The molecular weight excluding hydrogens is 494 g/mol. The van der Waals surface area contributed by atoms with Gasteiger partial charge >= 0.3 is 6.09 Å². The van der Waals surface area contributed by atoms with E-state index in [9.17, 15) is 19.2 Å². The molecule has 1 unspecified atom stereocenters. The number of rotatable bonds is 14. The second kappa shape index (κ2) is 14.2. The van der Waals surface area contributed by atoms with Crippen LogP contribution in [0.25, 0.3) is 0 Å². The van der Waals surface area contributed by atoms with E-state index in [0.717, 1.165) is 24.0 Å². The van der Waals surface area contributed by atoms with Crippen LogP contribution in [-0.2, 0) is 41.5 Å². The molecule has 1 aromatic rings. The number of carbonyl (C=O) groups is 4. The van der Waals surface area contributed by atoms with Crippen LogP contribution in [0.3, 0.4) is 0 Å². The van der Waals surface area contributed by atoms with Crippen LogP contribution in [0, 0.1) is 0 Å². The van der Waals surface area contributed by atoms with Crippen LogP contribution in [0.2, 0.25) is 0 Å². The Kier molecular flexibility index (Phi) is 11.1. The largest absolute Gasteiger partial charge is 0.444 e. The van der Waals surface area contributed by atoms with Crippen LogP contribution in [0.15, 0.2) is 18.2 Å². The minimum Gasteiger partial charge on any atom is -0.444 e. The maximum Gasteiger partial charge on any atom is 0.407 e. The molecule has 1 fully saturated rings. The van der Waals surface area contributed by atoms with Gasteiger partial charge in [-0.3, -0.25) is 19.7 Å². The van der Waals surface area contributed by atoms with Crippen molar-refractivity contribution < 1.29 is 38.1 Å². The molecule has 2 aliphatic rings. The van der Waals surface area contributed by atoms with Crippen LogP contribution in [-0.4, -0.2) is 86.5 Å². The summed E-state index contributed by atoms with van der Waals surface area (Å²) in [5.74, 6) is -0.849. The Morgan fingerprint density at radius 1 is 1.03 bits per heavy atom. The molecule has 2 heterocycles. The van der Waals surface area contributed by atoms with Crippen LogP contribution >= 0.6 is 0 Å². The number of nitrogens with zero attached hydrogens (tertiary/aromatic N) is 1. The van der Waals surface area contributed by atoms with E-state index in [0.29, 0.717) is 64.7 Å². The Morgan fingerprint density at radius 2 is 1.71 bits per heavy atom. The Balaban J connectivity index is 1.21. The first-order valence-electron chi connectivity index (χ1n) is 13.1. The molecule has 11 heteroatoms. The molecular formula is C27H39N3O8. The number of amides is 4. The molecule has 0 aromatic heterocycles. The Hall–Kier alpha value is -3.02. The molecule has 0 aliphatic carbocycles. The van der Waals surface area contributed by atoms with Crippen molar-refractivity contribution >= 4 is 23.8 Å². The van der Waals surface area contributed by atoms with Gasteiger partial charge in [-0.15, -0.1) is 0 Å². The first-order valence-corrected chi connectivity index (χ1v) is 13.1. The molecule has 1 aromatic carbocycles. The second-order valence-electron chi connectivity index (χ2n) is 10.3. The number of imide groups is 1. The highest BCUT2D eigenvalue weighted by atomic mass is 16.6. The second-order valence-corrected chi connectivity index (χ2v) is 10.3. The van der Waals surface area contributed by atoms with E-state index in [4.69, 9.17) is 18.9 Å². The molecule has 1 atom stereocenters. The van der Waals surface area contributed by atoms with E-state index >= 15 is 0 Å². The summed E-state index contributed by atoms with van der Waals surface area (Å²) in [7, 11) is 0. The summed E-state index contributed by atoms with van der Waals surface area (Å²) in [4.78, 5) is 49.4. The lowest BCUT2D eigenvalue weighted by molar-refractivity contribution is -0.136. The number of carbonyl (C=O) groups excluding carboxylic acids is 4. The van der Waals surface area contributed by atoms with Crippen molar-refractivity contribution in [2.45, 2.75) is 64.6 Å². The predicted molar refractivity (Wildman–Crippen MR) is 138 cm³/mol. The SMILES string of the molecule is CC(C)(C)OC(=O)NCCOCCOCCOCCCc1ccc2c(c1)CN(C1CCC(=O)NC1=O)C2=O. The fourth-order valence-corrected chi connectivity index (χ4v) is 4.24. The van der Waals surface area contributed by atoms with Gasteiger partial charge in [-0.05, 0) is 57.2 Å². The quantitative estimate of drug-likeness (QED) is 0.274. The van der Waals surface area contributed by atoms with Gasteiger partial charge in [0.05, 0.1) is 33.0 Å². The third-order valence-corrected chi connectivity index (χ3v) is 6.00. The van der Waals surface area contributed by atoms with Gasteiger partial charge in [0.1, 0.15) is 11.6 Å². The highest BCUT2D eigenvalue weighted by Gasteiger charge is 2.39. The number of fused-ring (bicyclic) bond motifs is 1. The average Bonchev–Trinajstić information content (AvgIpc) is 3.16. The Morgan fingerprint density at radius 3 is 2.39 bits per heavy atom. The average molecular weight is 534 g/mol. The molecule has 0 bridgehead atoms. The summed E-state index contributed by atoms with van der Waals surface area (Å²) in [6, 6.07) is 5.19. The van der Waals surface area contributed by atoms with E-state index in [-0.39, 0.29) is 18.2 Å². The fraction of sp³-hybridized carbons (Fsp3) is 0.630. The van der Waals surface area contributed by atoms with E-state index in [2.05, 4.69) is 10.6 Å². The molecule has 2 aliphatic heterocycles. The van der Waals surface area contributed by atoms with E-state index < -0.39 is 23.6 Å². The van der Waals surface area contributed by atoms with Crippen molar-refractivity contribution in [2.75, 3.05) is 46.2 Å². The zero-order chi connectivity index (χ0) is 27.5. The minimum atomic E-state index is -0.598. The van der Waals surface area contributed by atoms with Crippen LogP contribution in [0.5, 0.6) is 0 Å². The van der Waals surface area contributed by atoms with Gasteiger partial charge in [-0.25, -0.2) is 4.79 Å². The Labute approximate surface area is 223 Å². The lowest BCUT2D eigenvalue weighted by Crippen LogP contribution is -2.52. The molecule has 0 radical (unpaired) electrons. The van der Waals surface area contributed by atoms with Crippen molar-refractivity contribution in [3.63, 3.8) is 0 Å². The standard InChI is InChI=1S/C27H39N3O8/c1-27(2,3)38-26(34)28-10-12-36-14-16-37-15-13-35-11-4-5-19-6-7-21-20(17-19)18-30(25(21)33)22-8-9-23(31)29-24(22)32/h6-7,17,22H,4-5,8-16,18H2,1-3H3,(H,28,34)(H,29,31,32). The lowest BCUT2D eigenvalue weighted by Gasteiger charge is -2.29. The van der Waals surface area contributed by atoms with Crippen molar-refractivity contribution in [2.24, 2.45) is 0 Å². The number of benzene rings is 1. The summed E-state index contributed by atoms with van der Waals surface area (Å²) in [5, 5.41) is 4.95. The maximum absolute atomic E-state index is 12.8. The molecule has 210 valence electrons. The van der Waals surface area contributed by atoms with E-state index in [1.807, 2.05) is 39.0 Å². The molecule has 1 saturated heterocycles. The van der Waals surface area contributed by atoms with E-state index in [1.54, 1.807) is 4.90 Å². The summed E-state index contributed by atoms with van der Waals surface area (Å²) in [5.41, 5.74) is 2.12. The van der Waals surface area contributed by atoms with Crippen molar-refractivity contribution in [3.05, 3.63) is 34.9 Å². The molecule has 4 amide bonds. The summed E-state index contributed by atoms with van der Waals surface area (Å²) in [6.07, 6.45) is 1.79. The number of ether oxygens (including phenoxy) is 4. The van der Waals surface area contributed by atoms with Crippen molar-refractivity contribution in [1.29, 1.82) is 0 Å². The minimum absolute atomic E-state index is 0.160. The number of hydrogen-bond donors (Lipinski definition) is 2. The highest BCUT2D eigenvalue weighted by Crippen LogP contribution is 2.28. The molecule has 38 heavy (non-hydrogen) atoms. The number of hydrogen-bond acceptors (Lipinski definition) is 8. The summed E-state index contributed by atoms with van der Waals surface area (Å²) in [6.45, 7) is 8.98. The van der Waals surface area contributed by atoms with Gasteiger partial charge < -0.3 is 29.2 Å². The topological polar surface area (TPSA) is 132 Å². The normalized spacial score (nSPS) is 17.4. The predicted octanol–water partition coefficient (Wildman–Crippen LogP) is 1.95. The molecule has 2 N–H and O–H groups in total. The Bertz CT molecular complexity index is 991. The zero-order valence-corrected chi connectivity index (χ0v) is 22.5. The van der Waals surface area contributed by atoms with E-state index in [1.165, 1.54) is 0 Å². The van der Waals surface area contributed by atoms with Crippen LogP contribution in [0.4, 0.5) is 4.79 Å². The third kappa shape index (κ3) is 9.38. The third-order valence-electron chi connectivity index (χ3n) is 6.00. The van der Waals surface area contributed by atoms with Crippen molar-refractivity contribution in [1.82, 2.24) is 15.5 Å². The van der Waals surface area contributed by atoms with Gasteiger partial charge in [-0.1, -0.05) is 12.1 Å². The monoisotopic (exact) mass is 533 g/mol.